The zero-order chi connectivity index (χ0) is 20.5. The Morgan fingerprint density at radius 1 is 0.897 bits per heavy atom. The minimum absolute atomic E-state index is 0.235. The van der Waals surface area contributed by atoms with Gasteiger partial charge in [-0.3, -0.25) is 0 Å². The van der Waals surface area contributed by atoms with E-state index in [1.165, 1.54) is 0 Å². The first kappa shape index (κ1) is 20.1. The highest BCUT2D eigenvalue weighted by molar-refractivity contribution is 5.73. The quantitative estimate of drug-likeness (QED) is 0.615. The number of methoxy groups -OCH3 is 2. The second-order valence-corrected chi connectivity index (χ2v) is 6.33. The van der Waals surface area contributed by atoms with Gasteiger partial charge in [-0.15, -0.1) is 0 Å². The van der Waals surface area contributed by atoms with E-state index in [4.69, 9.17) is 9.47 Å². The van der Waals surface area contributed by atoms with Crippen LogP contribution in [0.3, 0.4) is 0 Å². The van der Waals surface area contributed by atoms with E-state index in [0.717, 1.165) is 16.7 Å². The molecule has 0 unspecified atom stereocenters. The van der Waals surface area contributed by atoms with Crippen molar-refractivity contribution >= 4 is 6.03 Å². The number of amides is 2. The minimum Gasteiger partial charge on any atom is -0.493 e. The van der Waals surface area contributed by atoms with Gasteiger partial charge in [-0.1, -0.05) is 36.4 Å². The van der Waals surface area contributed by atoms with Gasteiger partial charge in [0.15, 0.2) is 17.3 Å². The SMILES string of the molecule is COc1ccc(CNC(=O)NCCc2cnc(-c3ccccc3)nc2)cc1OC. The average Bonchev–Trinajstić information content (AvgIpc) is 2.78. The molecule has 3 rings (SSSR count). The Morgan fingerprint density at radius 2 is 1.62 bits per heavy atom. The monoisotopic (exact) mass is 392 g/mol. The molecule has 0 atom stereocenters. The van der Waals surface area contributed by atoms with Gasteiger partial charge in [0.1, 0.15) is 0 Å². The summed E-state index contributed by atoms with van der Waals surface area (Å²) in [6.45, 7) is 0.882. The molecule has 150 valence electrons. The third-order valence-electron chi connectivity index (χ3n) is 4.34. The van der Waals surface area contributed by atoms with E-state index in [-0.39, 0.29) is 6.03 Å². The van der Waals surface area contributed by atoms with Crippen LogP contribution >= 0.6 is 0 Å². The number of hydrogen-bond donors (Lipinski definition) is 2. The van der Waals surface area contributed by atoms with Crippen molar-refractivity contribution < 1.29 is 14.3 Å². The van der Waals surface area contributed by atoms with Crippen LogP contribution in [-0.4, -0.2) is 36.8 Å². The van der Waals surface area contributed by atoms with Crippen LogP contribution in [0.5, 0.6) is 11.5 Å². The molecular weight excluding hydrogens is 368 g/mol. The smallest absolute Gasteiger partial charge is 0.315 e. The van der Waals surface area contributed by atoms with Crippen LogP contribution in [-0.2, 0) is 13.0 Å². The van der Waals surface area contributed by atoms with Gasteiger partial charge in [-0.25, -0.2) is 14.8 Å². The Labute approximate surface area is 170 Å². The van der Waals surface area contributed by atoms with E-state index in [2.05, 4.69) is 20.6 Å². The number of nitrogens with zero attached hydrogens (tertiary/aromatic N) is 2. The first-order valence-electron chi connectivity index (χ1n) is 9.28. The summed E-state index contributed by atoms with van der Waals surface area (Å²) in [5, 5.41) is 5.66. The van der Waals surface area contributed by atoms with Crippen LogP contribution in [0.2, 0.25) is 0 Å². The van der Waals surface area contributed by atoms with Gasteiger partial charge in [0.2, 0.25) is 0 Å². The summed E-state index contributed by atoms with van der Waals surface area (Å²) in [5.41, 5.74) is 2.86. The molecule has 0 saturated heterocycles. The number of rotatable bonds is 8. The Morgan fingerprint density at radius 3 is 2.31 bits per heavy atom. The maximum absolute atomic E-state index is 12.0. The second-order valence-electron chi connectivity index (χ2n) is 6.33. The van der Waals surface area contributed by atoms with Gasteiger partial charge >= 0.3 is 6.03 Å². The van der Waals surface area contributed by atoms with E-state index in [1.54, 1.807) is 26.6 Å². The van der Waals surface area contributed by atoms with Crippen molar-refractivity contribution in [2.45, 2.75) is 13.0 Å². The molecule has 7 nitrogen and oxygen atoms in total. The lowest BCUT2D eigenvalue weighted by molar-refractivity contribution is 0.240. The first-order chi connectivity index (χ1) is 14.2. The molecule has 2 N–H and O–H groups in total. The molecule has 2 amide bonds. The number of hydrogen-bond acceptors (Lipinski definition) is 5. The van der Waals surface area contributed by atoms with Crippen LogP contribution < -0.4 is 20.1 Å². The fourth-order valence-corrected chi connectivity index (χ4v) is 2.78. The van der Waals surface area contributed by atoms with Crippen LogP contribution in [0.15, 0.2) is 60.9 Å². The Balaban J connectivity index is 1.43. The topological polar surface area (TPSA) is 85.4 Å². The van der Waals surface area contributed by atoms with Crippen molar-refractivity contribution in [1.29, 1.82) is 0 Å². The van der Waals surface area contributed by atoms with Crippen LogP contribution in [0.25, 0.3) is 11.4 Å². The fraction of sp³-hybridized carbons (Fsp3) is 0.227. The summed E-state index contributed by atoms with van der Waals surface area (Å²) >= 11 is 0. The number of carbonyl (C=O) groups excluding carboxylic acids is 1. The summed E-state index contributed by atoms with van der Waals surface area (Å²) < 4.78 is 10.5. The highest BCUT2D eigenvalue weighted by Gasteiger charge is 2.06. The predicted octanol–water partition coefficient (Wildman–Crippen LogP) is 3.20. The molecule has 7 heteroatoms. The lowest BCUT2D eigenvalue weighted by Gasteiger charge is -2.11. The molecule has 0 fully saturated rings. The molecule has 0 aliphatic carbocycles. The summed E-state index contributed by atoms with van der Waals surface area (Å²) in [7, 11) is 3.17. The standard InChI is InChI=1S/C22H24N4O3/c1-28-19-9-8-16(12-20(19)29-2)13-26-22(27)23-11-10-17-14-24-21(25-15-17)18-6-4-3-5-7-18/h3-9,12,14-15H,10-11,13H2,1-2H3,(H2,23,26,27). The molecule has 0 aliphatic heterocycles. The molecule has 2 aromatic carbocycles. The van der Waals surface area contributed by atoms with Crippen molar-refractivity contribution in [2.24, 2.45) is 0 Å². The second kappa shape index (κ2) is 10.1. The Bertz CT molecular complexity index is 931. The zero-order valence-corrected chi connectivity index (χ0v) is 16.5. The lowest BCUT2D eigenvalue weighted by Crippen LogP contribution is -2.36. The number of carbonyl (C=O) groups is 1. The number of ether oxygens (including phenoxy) is 2. The van der Waals surface area contributed by atoms with Gasteiger partial charge in [0, 0.05) is 31.0 Å². The van der Waals surface area contributed by atoms with Crippen molar-refractivity contribution in [3.63, 3.8) is 0 Å². The maximum Gasteiger partial charge on any atom is 0.315 e. The predicted molar refractivity (Wildman–Crippen MR) is 111 cm³/mol. The van der Waals surface area contributed by atoms with Gasteiger partial charge in [-0.2, -0.15) is 0 Å². The number of benzene rings is 2. The van der Waals surface area contributed by atoms with Crippen LogP contribution in [0, 0.1) is 0 Å². The van der Waals surface area contributed by atoms with Gasteiger partial charge in [0.05, 0.1) is 14.2 Å². The summed E-state index contributed by atoms with van der Waals surface area (Å²) in [6.07, 6.45) is 4.23. The van der Waals surface area contributed by atoms with Crippen molar-refractivity contribution in [3.05, 3.63) is 72.1 Å². The number of urea groups is 1. The molecule has 0 spiro atoms. The Kier molecular flexibility index (Phi) is 7.00. The summed E-state index contributed by atoms with van der Waals surface area (Å²) in [5.74, 6) is 1.97. The number of nitrogens with one attached hydrogen (secondary N) is 2. The molecular formula is C22H24N4O3. The summed E-state index contributed by atoms with van der Waals surface area (Å²) in [6, 6.07) is 15.1. The van der Waals surface area contributed by atoms with Gasteiger partial charge in [-0.05, 0) is 29.7 Å². The molecule has 1 heterocycles. The first-order valence-corrected chi connectivity index (χ1v) is 9.28. The molecule has 1 aromatic heterocycles. The van der Waals surface area contributed by atoms with E-state index >= 15 is 0 Å². The van der Waals surface area contributed by atoms with Crippen molar-refractivity contribution in [3.8, 4) is 22.9 Å². The normalized spacial score (nSPS) is 10.3. The van der Waals surface area contributed by atoms with Gasteiger partial charge in [0.25, 0.3) is 0 Å². The molecule has 29 heavy (non-hydrogen) atoms. The number of aromatic nitrogens is 2. The largest absolute Gasteiger partial charge is 0.493 e. The van der Waals surface area contributed by atoms with Crippen molar-refractivity contribution in [1.82, 2.24) is 20.6 Å². The zero-order valence-electron chi connectivity index (χ0n) is 16.5. The van der Waals surface area contributed by atoms with Crippen molar-refractivity contribution in [2.75, 3.05) is 20.8 Å². The average molecular weight is 392 g/mol. The van der Waals surface area contributed by atoms with E-state index in [0.29, 0.717) is 36.8 Å². The molecule has 0 bridgehead atoms. The highest BCUT2D eigenvalue weighted by atomic mass is 16.5. The molecule has 0 aliphatic rings. The third kappa shape index (κ3) is 5.68. The third-order valence-corrected chi connectivity index (χ3v) is 4.34. The van der Waals surface area contributed by atoms with E-state index in [9.17, 15) is 4.79 Å². The summed E-state index contributed by atoms with van der Waals surface area (Å²) in [4.78, 5) is 20.8. The van der Waals surface area contributed by atoms with E-state index in [1.807, 2.05) is 48.5 Å². The molecule has 0 radical (unpaired) electrons. The lowest BCUT2D eigenvalue weighted by atomic mass is 10.2. The van der Waals surface area contributed by atoms with E-state index < -0.39 is 0 Å². The fourth-order valence-electron chi connectivity index (χ4n) is 2.78. The van der Waals surface area contributed by atoms with Crippen LogP contribution in [0.1, 0.15) is 11.1 Å². The molecule has 0 saturated carbocycles. The minimum atomic E-state index is -0.235. The molecule has 3 aromatic rings. The highest BCUT2D eigenvalue weighted by Crippen LogP contribution is 2.27. The maximum atomic E-state index is 12.0. The van der Waals surface area contributed by atoms with Gasteiger partial charge < -0.3 is 20.1 Å². The van der Waals surface area contributed by atoms with Crippen LogP contribution in [0.4, 0.5) is 4.79 Å². The Hall–Kier alpha value is -3.61.